The predicted octanol–water partition coefficient (Wildman–Crippen LogP) is 6.92. The molecule has 1 atom stereocenters. The van der Waals surface area contributed by atoms with E-state index in [0.29, 0.717) is 46.0 Å². The minimum atomic E-state index is -0.952. The number of aliphatic hydroxyl groups is 1. The molecule has 3 aromatic carbocycles. The number of ketones is 1. The number of benzene rings is 3. The number of aliphatic hydroxyl groups excluding tert-OH is 1. The number of methoxy groups -OCH3 is 2. The van der Waals surface area contributed by atoms with Gasteiger partial charge in [0, 0.05) is 0 Å². The second kappa shape index (κ2) is 12.5. The smallest absolute Gasteiger partial charge is 0.296 e. The van der Waals surface area contributed by atoms with Crippen molar-refractivity contribution < 1.29 is 28.9 Å². The molecule has 42 heavy (non-hydrogen) atoms. The predicted molar refractivity (Wildman–Crippen MR) is 164 cm³/mol. The Bertz CT molecular complexity index is 1670. The zero-order valence-electron chi connectivity index (χ0n) is 23.9. The first kappa shape index (κ1) is 28.9. The molecule has 0 radical (unpaired) electrons. The fourth-order valence-corrected chi connectivity index (χ4v) is 5.72. The third-order valence-corrected chi connectivity index (χ3v) is 7.96. The second-order valence-electron chi connectivity index (χ2n) is 10.2. The zero-order chi connectivity index (χ0) is 29.8. The highest BCUT2D eigenvalue weighted by Crippen LogP contribution is 2.45. The number of allylic oxidation sites excluding steroid dienone is 1. The molecule has 8 nitrogen and oxygen atoms in total. The third-order valence-electron chi connectivity index (χ3n) is 6.95. The Morgan fingerprint density at radius 3 is 2.55 bits per heavy atom. The number of thiazole rings is 1. The average Bonchev–Trinajstić information content (AvgIpc) is 3.53. The van der Waals surface area contributed by atoms with Crippen LogP contribution in [0.25, 0.3) is 16.3 Å². The molecule has 1 aliphatic rings. The third kappa shape index (κ3) is 5.87. The topological polar surface area (TPSA) is 98.2 Å². The molecule has 1 N–H and O–H groups in total. The first-order valence-electron chi connectivity index (χ1n) is 13.6. The van der Waals surface area contributed by atoms with E-state index in [9.17, 15) is 14.7 Å². The van der Waals surface area contributed by atoms with Crippen molar-refractivity contribution >= 4 is 44.5 Å². The number of nitrogens with zero attached hydrogens (tertiary/aromatic N) is 2. The Morgan fingerprint density at radius 1 is 1.05 bits per heavy atom. The molecule has 216 valence electrons. The van der Waals surface area contributed by atoms with Crippen LogP contribution >= 0.6 is 11.3 Å². The highest BCUT2D eigenvalue weighted by Gasteiger charge is 2.45. The minimum Gasteiger partial charge on any atom is -0.503 e. The number of rotatable bonds is 11. The van der Waals surface area contributed by atoms with Gasteiger partial charge in [0.15, 0.2) is 28.2 Å². The van der Waals surface area contributed by atoms with E-state index in [4.69, 9.17) is 14.2 Å². The number of carbonyl (C=O) groups is 2. The van der Waals surface area contributed by atoms with Crippen LogP contribution in [0.1, 0.15) is 37.4 Å². The van der Waals surface area contributed by atoms with E-state index in [-0.39, 0.29) is 5.57 Å². The van der Waals surface area contributed by atoms with Gasteiger partial charge in [-0.2, -0.15) is 0 Å². The summed E-state index contributed by atoms with van der Waals surface area (Å²) in [6.45, 7) is 4.76. The van der Waals surface area contributed by atoms with Gasteiger partial charge in [-0.1, -0.05) is 67.7 Å². The van der Waals surface area contributed by atoms with Crippen LogP contribution in [0.4, 0.5) is 5.13 Å². The molecule has 1 amide bonds. The van der Waals surface area contributed by atoms with E-state index < -0.39 is 23.5 Å². The van der Waals surface area contributed by atoms with Crippen LogP contribution in [-0.4, -0.2) is 42.6 Å². The molecule has 0 saturated carbocycles. The number of amides is 1. The van der Waals surface area contributed by atoms with Gasteiger partial charge >= 0.3 is 0 Å². The van der Waals surface area contributed by atoms with Gasteiger partial charge in [0.1, 0.15) is 5.75 Å². The summed E-state index contributed by atoms with van der Waals surface area (Å²) in [6.07, 6.45) is 3.90. The highest BCUT2D eigenvalue weighted by atomic mass is 32.1. The minimum absolute atomic E-state index is 0.0421. The second-order valence-corrected chi connectivity index (χ2v) is 11.2. The van der Waals surface area contributed by atoms with E-state index in [2.05, 4.69) is 18.8 Å². The Labute approximate surface area is 248 Å². The molecule has 9 heteroatoms. The first-order chi connectivity index (χ1) is 20.3. The maximum absolute atomic E-state index is 13.6. The van der Waals surface area contributed by atoms with Gasteiger partial charge in [-0.3, -0.25) is 14.5 Å². The van der Waals surface area contributed by atoms with E-state index in [1.807, 2.05) is 36.4 Å². The summed E-state index contributed by atoms with van der Waals surface area (Å²) in [6, 6.07) is 19.1. The van der Waals surface area contributed by atoms with Crippen molar-refractivity contribution in [3.8, 4) is 17.2 Å². The molecule has 0 saturated heterocycles. The van der Waals surface area contributed by atoms with Crippen LogP contribution in [0.15, 0.2) is 84.1 Å². The lowest BCUT2D eigenvalue weighted by molar-refractivity contribution is -0.117. The van der Waals surface area contributed by atoms with E-state index >= 15 is 0 Å². The highest BCUT2D eigenvalue weighted by molar-refractivity contribution is 7.22. The summed E-state index contributed by atoms with van der Waals surface area (Å²) in [5.41, 5.74) is 2.00. The average molecular weight is 585 g/mol. The van der Waals surface area contributed by atoms with Crippen LogP contribution in [0.3, 0.4) is 0 Å². The quantitative estimate of drug-likeness (QED) is 0.191. The Balaban J connectivity index is 1.58. The summed E-state index contributed by atoms with van der Waals surface area (Å²) in [5.74, 6) is 0.326. The molecule has 0 bridgehead atoms. The molecular weight excluding hydrogens is 552 g/mol. The fourth-order valence-electron chi connectivity index (χ4n) is 4.70. The summed E-state index contributed by atoms with van der Waals surface area (Å²) in [5, 5.41) is 11.5. The van der Waals surface area contributed by atoms with Crippen molar-refractivity contribution in [2.45, 2.75) is 26.3 Å². The molecule has 1 aliphatic heterocycles. The number of hydrogen-bond acceptors (Lipinski definition) is 8. The van der Waals surface area contributed by atoms with Crippen LogP contribution in [-0.2, 0) is 9.59 Å². The summed E-state index contributed by atoms with van der Waals surface area (Å²) in [4.78, 5) is 33.3. The van der Waals surface area contributed by atoms with Crippen molar-refractivity contribution in [2.24, 2.45) is 5.92 Å². The maximum atomic E-state index is 13.6. The molecule has 4 aromatic rings. The van der Waals surface area contributed by atoms with Gasteiger partial charge in [-0.15, -0.1) is 0 Å². The van der Waals surface area contributed by atoms with Gasteiger partial charge in [0.25, 0.3) is 5.91 Å². The van der Waals surface area contributed by atoms with Crippen LogP contribution < -0.4 is 19.1 Å². The lowest BCUT2D eigenvalue weighted by Gasteiger charge is -2.25. The standard InChI is InChI=1S/C33H32N2O6S/c1-20(2)16-17-41-26-15-11-22(18-27(26)40-4)30-29(25(36)14-10-21-8-6-5-7-9-21)31(37)32(38)35(30)33-34-24-13-12-23(39-3)19-28(24)42-33/h5-15,18-20,30,37H,16-17H2,1-4H3. The lowest BCUT2D eigenvalue weighted by Crippen LogP contribution is -2.30. The van der Waals surface area contributed by atoms with Crippen molar-refractivity contribution in [1.29, 1.82) is 0 Å². The zero-order valence-corrected chi connectivity index (χ0v) is 24.7. The fraction of sp³-hybridized carbons (Fsp3) is 0.242. The van der Waals surface area contributed by atoms with Crippen molar-refractivity contribution in [1.82, 2.24) is 4.98 Å². The first-order valence-corrected chi connectivity index (χ1v) is 14.4. The van der Waals surface area contributed by atoms with E-state index in [0.717, 1.165) is 16.7 Å². The normalized spacial score (nSPS) is 15.3. The molecule has 1 unspecified atom stereocenters. The van der Waals surface area contributed by atoms with Crippen molar-refractivity contribution in [3.63, 3.8) is 0 Å². The SMILES string of the molecule is COc1ccc2nc(N3C(=O)C(O)=C(C(=O)C=Cc4ccccc4)C3c3ccc(OCCC(C)C)c(OC)c3)sc2c1. The largest absolute Gasteiger partial charge is 0.503 e. The van der Waals surface area contributed by atoms with Crippen molar-refractivity contribution in [2.75, 3.05) is 25.7 Å². The van der Waals surface area contributed by atoms with Gasteiger partial charge in [0.05, 0.1) is 42.7 Å². The molecule has 0 aliphatic carbocycles. The Hall–Kier alpha value is -4.63. The number of fused-ring (bicyclic) bond motifs is 1. The Kier molecular flexibility index (Phi) is 8.59. The van der Waals surface area contributed by atoms with Crippen LogP contribution in [0.5, 0.6) is 17.2 Å². The van der Waals surface area contributed by atoms with Gasteiger partial charge in [-0.05, 0) is 59.9 Å². The van der Waals surface area contributed by atoms with Gasteiger partial charge in [-0.25, -0.2) is 4.98 Å². The van der Waals surface area contributed by atoms with Gasteiger partial charge < -0.3 is 19.3 Å². The molecule has 5 rings (SSSR count). The number of aromatic nitrogens is 1. The van der Waals surface area contributed by atoms with Crippen LogP contribution in [0, 0.1) is 5.92 Å². The number of anilines is 1. The molecule has 0 fully saturated rings. The summed E-state index contributed by atoms with van der Waals surface area (Å²) >= 11 is 1.27. The number of hydrogen-bond donors (Lipinski definition) is 1. The summed E-state index contributed by atoms with van der Waals surface area (Å²) in [7, 11) is 3.12. The maximum Gasteiger partial charge on any atom is 0.296 e. The number of ether oxygens (including phenoxy) is 3. The van der Waals surface area contributed by atoms with Gasteiger partial charge in [0.2, 0.25) is 0 Å². The lowest BCUT2D eigenvalue weighted by atomic mass is 9.95. The van der Waals surface area contributed by atoms with Crippen molar-refractivity contribution in [3.05, 3.63) is 95.3 Å². The molecule has 1 aromatic heterocycles. The molecular formula is C33H32N2O6S. The summed E-state index contributed by atoms with van der Waals surface area (Å²) < 4.78 is 17.8. The van der Waals surface area contributed by atoms with E-state index in [1.54, 1.807) is 43.5 Å². The molecule has 0 spiro atoms. The Morgan fingerprint density at radius 2 is 1.83 bits per heavy atom. The monoisotopic (exact) mass is 584 g/mol. The number of carbonyl (C=O) groups excluding carboxylic acids is 2. The van der Waals surface area contributed by atoms with Crippen LogP contribution in [0.2, 0.25) is 0 Å². The molecule has 2 heterocycles. The van der Waals surface area contributed by atoms with E-state index in [1.165, 1.54) is 29.4 Å².